The van der Waals surface area contributed by atoms with E-state index in [1.165, 1.54) is 19.1 Å². The lowest BCUT2D eigenvalue weighted by Crippen LogP contribution is -2.14. The zero-order valence-corrected chi connectivity index (χ0v) is 6.44. The van der Waals surface area contributed by atoms with Gasteiger partial charge in [0.2, 0.25) is 0 Å². The second-order valence-electron chi connectivity index (χ2n) is 4.99. The zero-order chi connectivity index (χ0) is 7.16. The zero-order valence-electron chi connectivity index (χ0n) is 6.44. The third-order valence-electron chi connectivity index (χ3n) is 5.03. The van der Waals surface area contributed by atoms with Crippen molar-refractivity contribution in [3.63, 3.8) is 0 Å². The predicted molar refractivity (Wildman–Crippen MR) is 39.7 cm³/mol. The molecule has 0 aliphatic heterocycles. The highest BCUT2D eigenvalue weighted by atomic mass is 16.1. The summed E-state index contributed by atoms with van der Waals surface area (Å²) in [5, 5.41) is 0. The molecular weight excluding hydrogens is 136 g/mol. The lowest BCUT2D eigenvalue weighted by atomic mass is 9.90. The Hall–Kier alpha value is -0.330. The maximum atomic E-state index is 10.7. The van der Waals surface area contributed by atoms with Gasteiger partial charge in [0, 0.05) is 5.92 Å². The number of hydrogen-bond acceptors (Lipinski definition) is 1. The quantitative estimate of drug-likeness (QED) is 0.513. The molecule has 0 aromatic carbocycles. The van der Waals surface area contributed by atoms with Crippen molar-refractivity contribution in [3.05, 3.63) is 0 Å². The van der Waals surface area contributed by atoms with Crippen LogP contribution in [0, 0.1) is 41.4 Å². The number of aldehydes is 1. The first kappa shape index (κ1) is 5.34. The van der Waals surface area contributed by atoms with Crippen molar-refractivity contribution >= 4 is 6.29 Å². The van der Waals surface area contributed by atoms with Crippen LogP contribution < -0.4 is 0 Å². The molecule has 0 amide bonds. The Labute approximate surface area is 66.2 Å². The van der Waals surface area contributed by atoms with Crippen molar-refractivity contribution in [2.24, 2.45) is 41.4 Å². The third kappa shape index (κ3) is 0.361. The molecule has 0 N–H and O–H groups in total. The van der Waals surface area contributed by atoms with Gasteiger partial charge in [-0.2, -0.15) is 0 Å². The number of carbonyl (C=O) groups is 1. The molecule has 5 rings (SSSR count). The Morgan fingerprint density at radius 2 is 1.73 bits per heavy atom. The van der Waals surface area contributed by atoms with Crippen molar-refractivity contribution in [3.8, 4) is 0 Å². The summed E-state index contributed by atoms with van der Waals surface area (Å²) < 4.78 is 0. The molecule has 6 bridgehead atoms. The minimum Gasteiger partial charge on any atom is -0.303 e. The predicted octanol–water partition coefficient (Wildman–Crippen LogP) is 1.33. The topological polar surface area (TPSA) is 17.1 Å². The van der Waals surface area contributed by atoms with E-state index < -0.39 is 0 Å². The van der Waals surface area contributed by atoms with Crippen molar-refractivity contribution in [1.29, 1.82) is 0 Å². The van der Waals surface area contributed by atoms with Gasteiger partial charge >= 0.3 is 0 Å². The lowest BCUT2D eigenvalue weighted by Gasteiger charge is -2.14. The molecule has 5 aliphatic rings. The molecular formula is C10H12O. The molecule has 0 aromatic rings. The van der Waals surface area contributed by atoms with Crippen LogP contribution in [0.5, 0.6) is 0 Å². The molecule has 5 aliphatic carbocycles. The van der Waals surface area contributed by atoms with E-state index in [9.17, 15) is 4.79 Å². The second-order valence-corrected chi connectivity index (χ2v) is 4.99. The summed E-state index contributed by atoms with van der Waals surface area (Å²) in [5.41, 5.74) is 0. The number of rotatable bonds is 1. The molecule has 0 radical (unpaired) electrons. The van der Waals surface area contributed by atoms with Crippen LogP contribution in [0.2, 0.25) is 0 Å². The molecule has 0 aromatic heterocycles. The largest absolute Gasteiger partial charge is 0.303 e. The minimum absolute atomic E-state index is 0.485. The Kier molecular flexibility index (Phi) is 0.630. The van der Waals surface area contributed by atoms with Crippen LogP contribution >= 0.6 is 0 Å². The van der Waals surface area contributed by atoms with E-state index in [1.54, 1.807) is 0 Å². The molecule has 0 spiro atoms. The first-order valence-corrected chi connectivity index (χ1v) is 4.87. The second kappa shape index (κ2) is 1.30. The molecule has 5 saturated carbocycles. The highest BCUT2D eigenvalue weighted by Crippen LogP contribution is 2.81. The third-order valence-corrected chi connectivity index (χ3v) is 5.03. The van der Waals surface area contributed by atoms with Crippen LogP contribution in [-0.4, -0.2) is 6.29 Å². The highest BCUT2D eigenvalue weighted by molar-refractivity contribution is 5.57. The SMILES string of the molecule is O=C[C@@H]1C[C@H]2C3C4[C@H]3C[C@H]2[C@@H]41. The molecule has 5 fully saturated rings. The highest BCUT2D eigenvalue weighted by Gasteiger charge is 2.77. The summed E-state index contributed by atoms with van der Waals surface area (Å²) in [5.74, 6) is 6.61. The van der Waals surface area contributed by atoms with Gasteiger partial charge < -0.3 is 4.79 Å². The van der Waals surface area contributed by atoms with Crippen LogP contribution in [0.3, 0.4) is 0 Å². The fourth-order valence-electron chi connectivity index (χ4n) is 4.94. The monoisotopic (exact) mass is 148 g/mol. The van der Waals surface area contributed by atoms with Crippen molar-refractivity contribution in [1.82, 2.24) is 0 Å². The maximum absolute atomic E-state index is 10.7. The Balaban J connectivity index is 1.85. The van der Waals surface area contributed by atoms with E-state index in [1.807, 2.05) is 0 Å². The molecule has 0 saturated heterocycles. The average molecular weight is 148 g/mol. The smallest absolute Gasteiger partial charge is 0.123 e. The van der Waals surface area contributed by atoms with E-state index in [2.05, 4.69) is 0 Å². The first-order valence-electron chi connectivity index (χ1n) is 4.87. The van der Waals surface area contributed by atoms with E-state index in [0.29, 0.717) is 5.92 Å². The minimum atomic E-state index is 0.485. The standard InChI is InChI=1S/C10H12O/c11-3-4-1-5-6-2-7-9(5)10(7)8(4)6/h3-10H,1-2H2/t4-,5+,6+,7-,8-,9?,10?/m0/s1. The fourth-order valence-corrected chi connectivity index (χ4v) is 4.94. The van der Waals surface area contributed by atoms with Gasteiger partial charge in [0.05, 0.1) is 0 Å². The first-order chi connectivity index (χ1) is 5.42. The van der Waals surface area contributed by atoms with Gasteiger partial charge in [-0.3, -0.25) is 0 Å². The molecule has 1 nitrogen and oxygen atoms in total. The molecule has 0 heterocycles. The van der Waals surface area contributed by atoms with Gasteiger partial charge in [-0.25, -0.2) is 0 Å². The lowest BCUT2D eigenvalue weighted by molar-refractivity contribution is -0.112. The Bertz CT molecular complexity index is 247. The van der Waals surface area contributed by atoms with Gasteiger partial charge in [0.1, 0.15) is 6.29 Å². The molecule has 11 heavy (non-hydrogen) atoms. The maximum Gasteiger partial charge on any atom is 0.123 e. The van der Waals surface area contributed by atoms with Crippen LogP contribution in [0.4, 0.5) is 0 Å². The Morgan fingerprint density at radius 3 is 2.27 bits per heavy atom. The van der Waals surface area contributed by atoms with E-state index in [-0.39, 0.29) is 0 Å². The van der Waals surface area contributed by atoms with Gasteiger partial charge in [-0.05, 0) is 48.3 Å². The fraction of sp³-hybridized carbons (Fsp3) is 0.900. The van der Waals surface area contributed by atoms with E-state index in [0.717, 1.165) is 35.5 Å². The summed E-state index contributed by atoms with van der Waals surface area (Å²) in [6.45, 7) is 0. The molecule has 7 atom stereocenters. The number of carbonyl (C=O) groups excluding carboxylic acids is 1. The van der Waals surface area contributed by atoms with Crippen molar-refractivity contribution < 1.29 is 4.79 Å². The van der Waals surface area contributed by atoms with Gasteiger partial charge in [0.25, 0.3) is 0 Å². The summed E-state index contributed by atoms with van der Waals surface area (Å²) in [6, 6.07) is 0. The van der Waals surface area contributed by atoms with Gasteiger partial charge in [0.15, 0.2) is 0 Å². The summed E-state index contributed by atoms with van der Waals surface area (Å²) in [4.78, 5) is 10.7. The van der Waals surface area contributed by atoms with Gasteiger partial charge in [-0.15, -0.1) is 0 Å². The summed E-state index contributed by atoms with van der Waals surface area (Å²) in [7, 11) is 0. The average Bonchev–Trinajstić information content (AvgIpc) is 2.41. The van der Waals surface area contributed by atoms with E-state index >= 15 is 0 Å². The van der Waals surface area contributed by atoms with E-state index in [4.69, 9.17) is 0 Å². The summed E-state index contributed by atoms with van der Waals surface area (Å²) >= 11 is 0. The van der Waals surface area contributed by atoms with Crippen LogP contribution in [0.15, 0.2) is 0 Å². The molecule has 2 unspecified atom stereocenters. The van der Waals surface area contributed by atoms with Crippen LogP contribution in [-0.2, 0) is 4.79 Å². The summed E-state index contributed by atoms with van der Waals surface area (Å²) in [6.07, 6.45) is 4.00. The van der Waals surface area contributed by atoms with Crippen molar-refractivity contribution in [2.45, 2.75) is 12.8 Å². The molecule has 58 valence electrons. The van der Waals surface area contributed by atoms with Gasteiger partial charge in [-0.1, -0.05) is 0 Å². The van der Waals surface area contributed by atoms with Crippen LogP contribution in [0.25, 0.3) is 0 Å². The normalized spacial score (nSPS) is 74.0. The Morgan fingerprint density at radius 1 is 0.909 bits per heavy atom. The van der Waals surface area contributed by atoms with Crippen LogP contribution in [0.1, 0.15) is 12.8 Å². The van der Waals surface area contributed by atoms with Crippen molar-refractivity contribution in [2.75, 3.05) is 0 Å². The molecule has 1 heteroatoms. The number of hydrogen-bond donors (Lipinski definition) is 0.